The summed E-state index contributed by atoms with van der Waals surface area (Å²) in [4.78, 5) is 35.1. The van der Waals surface area contributed by atoms with Gasteiger partial charge in [-0.25, -0.2) is 0 Å². The van der Waals surface area contributed by atoms with Crippen molar-refractivity contribution >= 4 is 17.5 Å². The number of rotatable bonds is 5. The molecule has 0 saturated carbocycles. The summed E-state index contributed by atoms with van der Waals surface area (Å²) in [7, 11) is 3.98. The molecule has 7 nitrogen and oxygen atoms in total. The molecule has 0 aliphatic carbocycles. The van der Waals surface area contributed by atoms with E-state index in [1.165, 1.54) is 11.1 Å². The van der Waals surface area contributed by atoms with Crippen LogP contribution in [0.3, 0.4) is 0 Å². The Morgan fingerprint density at radius 2 is 1.67 bits per heavy atom. The molecule has 0 aromatic heterocycles. The van der Waals surface area contributed by atoms with Crippen LogP contribution in [0, 0.1) is 0 Å². The molecule has 192 valence electrons. The smallest absolute Gasteiger partial charge is 0.253 e. The van der Waals surface area contributed by atoms with E-state index in [1.54, 1.807) is 0 Å². The second-order valence-electron chi connectivity index (χ2n) is 10.4. The number of anilines is 1. The summed E-state index contributed by atoms with van der Waals surface area (Å²) in [6, 6.07) is 16.9. The molecular formula is C29H38N4O3. The molecule has 5 rings (SSSR count). The summed E-state index contributed by atoms with van der Waals surface area (Å²) in [6.45, 7) is 5.07. The Kier molecular flexibility index (Phi) is 7.58. The average molecular weight is 491 g/mol. The van der Waals surface area contributed by atoms with Gasteiger partial charge in [0.1, 0.15) is 0 Å². The Morgan fingerprint density at radius 1 is 0.917 bits per heavy atom. The summed E-state index contributed by atoms with van der Waals surface area (Å²) in [6.07, 6.45) is 3.38. The van der Waals surface area contributed by atoms with Crippen molar-refractivity contribution in [3.05, 3.63) is 65.2 Å². The van der Waals surface area contributed by atoms with Gasteiger partial charge in [0.25, 0.3) is 5.91 Å². The van der Waals surface area contributed by atoms with Gasteiger partial charge in [0, 0.05) is 76.6 Å². The molecule has 0 spiro atoms. The summed E-state index contributed by atoms with van der Waals surface area (Å²) < 4.78 is 5.45. The van der Waals surface area contributed by atoms with Crippen LogP contribution in [-0.2, 0) is 16.0 Å². The third-order valence-electron chi connectivity index (χ3n) is 8.02. The number of benzene rings is 2. The Labute approximate surface area is 214 Å². The predicted octanol–water partition coefficient (Wildman–Crippen LogP) is 3.21. The maximum Gasteiger partial charge on any atom is 0.253 e. The number of carbonyl (C=O) groups excluding carboxylic acids is 2. The van der Waals surface area contributed by atoms with E-state index < -0.39 is 0 Å². The molecule has 1 atom stereocenters. The van der Waals surface area contributed by atoms with Gasteiger partial charge in [-0.1, -0.05) is 30.3 Å². The van der Waals surface area contributed by atoms with Gasteiger partial charge in [0.2, 0.25) is 5.91 Å². The second kappa shape index (κ2) is 11.0. The topological polar surface area (TPSA) is 56.3 Å². The highest BCUT2D eigenvalue weighted by Gasteiger charge is 2.36. The zero-order valence-corrected chi connectivity index (χ0v) is 21.6. The highest BCUT2D eigenvalue weighted by molar-refractivity contribution is 5.95. The van der Waals surface area contributed by atoms with Gasteiger partial charge < -0.3 is 19.4 Å². The number of nitrogens with zero attached hydrogens (tertiary/aromatic N) is 4. The van der Waals surface area contributed by atoms with E-state index in [0.29, 0.717) is 38.8 Å². The van der Waals surface area contributed by atoms with E-state index in [9.17, 15) is 9.59 Å². The molecule has 0 N–H and O–H groups in total. The van der Waals surface area contributed by atoms with Gasteiger partial charge in [0.05, 0.1) is 13.2 Å². The number of hydrogen-bond acceptors (Lipinski definition) is 5. The number of likely N-dealkylation sites (tertiary alicyclic amines) is 1. The number of morpholine rings is 1. The minimum atomic E-state index is 0.0920. The van der Waals surface area contributed by atoms with Crippen LogP contribution in [0.25, 0.3) is 0 Å². The van der Waals surface area contributed by atoms with Crippen molar-refractivity contribution in [3.8, 4) is 0 Å². The van der Waals surface area contributed by atoms with Gasteiger partial charge in [-0.2, -0.15) is 0 Å². The molecule has 36 heavy (non-hydrogen) atoms. The van der Waals surface area contributed by atoms with Crippen molar-refractivity contribution in [2.45, 2.75) is 37.8 Å². The average Bonchev–Trinajstić information content (AvgIpc) is 2.93. The van der Waals surface area contributed by atoms with E-state index in [2.05, 4.69) is 29.2 Å². The van der Waals surface area contributed by atoms with Crippen LogP contribution in [0.15, 0.2) is 48.5 Å². The molecule has 3 aliphatic heterocycles. The molecule has 2 aromatic rings. The largest absolute Gasteiger partial charge is 0.378 e. The van der Waals surface area contributed by atoms with Crippen LogP contribution in [0.1, 0.15) is 46.8 Å². The number of piperidine rings is 1. The first-order chi connectivity index (χ1) is 17.5. The Morgan fingerprint density at radius 3 is 2.42 bits per heavy atom. The molecule has 7 heteroatoms. The molecule has 3 heterocycles. The van der Waals surface area contributed by atoms with Crippen molar-refractivity contribution in [1.82, 2.24) is 14.7 Å². The van der Waals surface area contributed by atoms with Gasteiger partial charge >= 0.3 is 0 Å². The Hall–Kier alpha value is -2.90. The predicted molar refractivity (Wildman–Crippen MR) is 141 cm³/mol. The van der Waals surface area contributed by atoms with Crippen LogP contribution in [0.2, 0.25) is 0 Å². The van der Waals surface area contributed by atoms with E-state index in [0.717, 1.165) is 50.1 Å². The van der Waals surface area contributed by atoms with Crippen LogP contribution in [0.5, 0.6) is 0 Å². The summed E-state index contributed by atoms with van der Waals surface area (Å²) in [5.41, 5.74) is 4.45. The first-order valence-corrected chi connectivity index (χ1v) is 13.3. The fourth-order valence-electron chi connectivity index (χ4n) is 5.94. The van der Waals surface area contributed by atoms with Crippen molar-refractivity contribution in [2.75, 3.05) is 64.9 Å². The standard InChI is InChI=1S/C29H38N4O3/c1-30(2)25-8-5-7-23(20-25)29(35)32-13-11-24(12-14-32)33-15-10-22-6-3-4-9-26(22)27(33)21-28(34)31-16-18-36-19-17-31/h3-9,20,24,27H,10-19,21H2,1-2H3. The zero-order valence-electron chi connectivity index (χ0n) is 21.6. The van der Waals surface area contributed by atoms with Crippen LogP contribution in [-0.4, -0.2) is 92.6 Å². The number of hydrogen-bond donors (Lipinski definition) is 0. The molecule has 2 fully saturated rings. The first kappa shape index (κ1) is 24.8. The minimum Gasteiger partial charge on any atom is -0.378 e. The fourth-order valence-corrected chi connectivity index (χ4v) is 5.94. The van der Waals surface area contributed by atoms with Gasteiger partial charge in [-0.15, -0.1) is 0 Å². The summed E-state index contributed by atoms with van der Waals surface area (Å²) >= 11 is 0. The van der Waals surface area contributed by atoms with Crippen molar-refractivity contribution in [1.29, 1.82) is 0 Å². The quantitative estimate of drug-likeness (QED) is 0.644. The number of ether oxygens (including phenoxy) is 1. The fraction of sp³-hybridized carbons (Fsp3) is 0.517. The number of amides is 2. The van der Waals surface area contributed by atoms with Gasteiger partial charge in [0.15, 0.2) is 0 Å². The summed E-state index contributed by atoms with van der Waals surface area (Å²) in [5, 5.41) is 0. The molecule has 0 radical (unpaired) electrons. The third-order valence-corrected chi connectivity index (χ3v) is 8.02. The Bertz CT molecular complexity index is 1070. The highest BCUT2D eigenvalue weighted by Crippen LogP contribution is 2.36. The molecule has 2 saturated heterocycles. The second-order valence-corrected chi connectivity index (χ2v) is 10.4. The normalized spacial score (nSPS) is 21.2. The lowest BCUT2D eigenvalue weighted by Gasteiger charge is -2.45. The lowest BCUT2D eigenvalue weighted by molar-refractivity contribution is -0.137. The monoisotopic (exact) mass is 490 g/mol. The lowest BCUT2D eigenvalue weighted by atomic mass is 9.87. The van der Waals surface area contributed by atoms with Gasteiger partial charge in [-0.3, -0.25) is 14.5 Å². The van der Waals surface area contributed by atoms with Crippen molar-refractivity contribution < 1.29 is 14.3 Å². The van der Waals surface area contributed by atoms with Crippen LogP contribution < -0.4 is 4.90 Å². The highest BCUT2D eigenvalue weighted by atomic mass is 16.5. The van der Waals surface area contributed by atoms with E-state index in [4.69, 9.17) is 4.74 Å². The van der Waals surface area contributed by atoms with E-state index in [1.807, 2.05) is 53.1 Å². The molecule has 1 unspecified atom stereocenters. The molecular weight excluding hydrogens is 452 g/mol. The van der Waals surface area contributed by atoms with Gasteiger partial charge in [-0.05, 0) is 48.6 Å². The first-order valence-electron chi connectivity index (χ1n) is 13.3. The van der Waals surface area contributed by atoms with Crippen LogP contribution >= 0.6 is 0 Å². The van der Waals surface area contributed by atoms with E-state index in [-0.39, 0.29) is 17.9 Å². The van der Waals surface area contributed by atoms with Crippen LogP contribution in [0.4, 0.5) is 5.69 Å². The molecule has 2 aromatic carbocycles. The molecule has 0 bridgehead atoms. The van der Waals surface area contributed by atoms with E-state index >= 15 is 0 Å². The maximum atomic E-state index is 13.3. The number of carbonyl (C=O) groups is 2. The lowest BCUT2D eigenvalue weighted by Crippen LogP contribution is -2.51. The number of fused-ring (bicyclic) bond motifs is 1. The molecule has 2 amide bonds. The Balaban J connectivity index is 1.28. The maximum absolute atomic E-state index is 13.3. The zero-order chi connectivity index (χ0) is 25.1. The minimum absolute atomic E-state index is 0.0920. The molecule has 3 aliphatic rings. The summed E-state index contributed by atoms with van der Waals surface area (Å²) in [5.74, 6) is 0.332. The SMILES string of the molecule is CN(C)c1cccc(C(=O)N2CCC(N3CCc4ccccc4C3CC(=O)N3CCOCC3)CC2)c1. The van der Waals surface area contributed by atoms with Crippen molar-refractivity contribution in [3.63, 3.8) is 0 Å². The third kappa shape index (κ3) is 5.27. The van der Waals surface area contributed by atoms with Crippen molar-refractivity contribution in [2.24, 2.45) is 0 Å².